The summed E-state index contributed by atoms with van der Waals surface area (Å²) in [5.74, 6) is 0.230. The molecule has 1 unspecified atom stereocenters. The first-order valence-electron chi connectivity index (χ1n) is 5.71. The van der Waals surface area contributed by atoms with E-state index >= 15 is 0 Å². The van der Waals surface area contributed by atoms with Gasteiger partial charge in [-0.15, -0.1) is 11.6 Å². The fourth-order valence-corrected chi connectivity index (χ4v) is 2.06. The van der Waals surface area contributed by atoms with Crippen LogP contribution in [0.2, 0.25) is 0 Å². The number of fused-ring (bicyclic) bond motifs is 1. The second-order valence-electron chi connectivity index (χ2n) is 4.04. The number of hydrogen-bond acceptors (Lipinski definition) is 3. The van der Waals surface area contributed by atoms with Crippen LogP contribution in [0.4, 0.5) is 9.18 Å². The third kappa shape index (κ3) is 2.96. The summed E-state index contributed by atoms with van der Waals surface area (Å²) in [5.41, 5.74) is 6.14. The monoisotopic (exact) mass is 285 g/mol. The van der Waals surface area contributed by atoms with Crippen LogP contribution < -0.4 is 5.73 Å². The lowest BCUT2D eigenvalue weighted by molar-refractivity contribution is 0.152. The third-order valence-electron chi connectivity index (χ3n) is 2.65. The number of primary amides is 1. The minimum Gasteiger partial charge on any atom is -0.448 e. The number of aromatic nitrogens is 2. The normalized spacial score (nSPS) is 12.6. The molecule has 1 aromatic carbocycles. The Balaban J connectivity index is 2.39. The molecule has 0 spiro atoms. The van der Waals surface area contributed by atoms with Crippen LogP contribution in [0.3, 0.4) is 0 Å². The predicted molar refractivity (Wildman–Crippen MR) is 69.5 cm³/mol. The van der Waals surface area contributed by atoms with E-state index in [1.165, 1.54) is 12.1 Å². The number of ether oxygens (including phenoxy) is 1. The third-order valence-corrected chi connectivity index (χ3v) is 2.85. The maximum Gasteiger partial charge on any atom is 0.404 e. The number of halogens is 2. The zero-order valence-electron chi connectivity index (χ0n) is 10.3. The molecular weight excluding hydrogens is 273 g/mol. The van der Waals surface area contributed by atoms with Gasteiger partial charge in [-0.3, -0.25) is 0 Å². The van der Waals surface area contributed by atoms with Crippen molar-refractivity contribution in [3.05, 3.63) is 29.8 Å². The maximum atomic E-state index is 13.3. The molecule has 2 N–H and O–H groups in total. The van der Waals surface area contributed by atoms with Crippen molar-refractivity contribution < 1.29 is 13.9 Å². The van der Waals surface area contributed by atoms with Gasteiger partial charge in [0.1, 0.15) is 18.2 Å². The molecule has 0 bridgehead atoms. The summed E-state index contributed by atoms with van der Waals surface area (Å²) < 4.78 is 19.7. The van der Waals surface area contributed by atoms with Gasteiger partial charge in [0.15, 0.2) is 0 Å². The Bertz CT molecular complexity index is 612. The van der Waals surface area contributed by atoms with Crippen molar-refractivity contribution in [3.63, 3.8) is 0 Å². The SMILES string of the molecule is CC(Cl)c1nc2ccc(F)cc2n1CCOC(N)=O. The molecule has 1 atom stereocenters. The number of alkyl halides is 1. The molecule has 19 heavy (non-hydrogen) atoms. The molecule has 2 aromatic rings. The quantitative estimate of drug-likeness (QED) is 0.878. The summed E-state index contributed by atoms with van der Waals surface area (Å²) in [6, 6.07) is 4.29. The molecule has 1 amide bonds. The first-order valence-corrected chi connectivity index (χ1v) is 6.14. The lowest BCUT2D eigenvalue weighted by Crippen LogP contribution is -2.17. The van der Waals surface area contributed by atoms with E-state index in [0.29, 0.717) is 23.4 Å². The highest BCUT2D eigenvalue weighted by atomic mass is 35.5. The van der Waals surface area contributed by atoms with Gasteiger partial charge in [0.25, 0.3) is 0 Å². The minimum absolute atomic E-state index is 0.0773. The van der Waals surface area contributed by atoms with Gasteiger partial charge >= 0.3 is 6.09 Å². The fourth-order valence-electron chi connectivity index (χ4n) is 1.89. The lowest BCUT2D eigenvalue weighted by Gasteiger charge is -2.10. The van der Waals surface area contributed by atoms with Crippen LogP contribution >= 0.6 is 11.6 Å². The summed E-state index contributed by atoms with van der Waals surface area (Å²) in [7, 11) is 0. The molecule has 5 nitrogen and oxygen atoms in total. The second-order valence-corrected chi connectivity index (χ2v) is 4.69. The number of amides is 1. The number of nitrogens with zero attached hydrogens (tertiary/aromatic N) is 2. The van der Waals surface area contributed by atoms with Crippen LogP contribution in [0.25, 0.3) is 11.0 Å². The fraction of sp³-hybridized carbons (Fsp3) is 0.333. The predicted octanol–water partition coefficient (Wildman–Crippen LogP) is 2.57. The Labute approximate surface area is 114 Å². The summed E-state index contributed by atoms with van der Waals surface area (Å²) >= 11 is 6.05. The van der Waals surface area contributed by atoms with E-state index in [-0.39, 0.29) is 17.8 Å². The van der Waals surface area contributed by atoms with Crippen LogP contribution in [0.15, 0.2) is 18.2 Å². The van der Waals surface area contributed by atoms with Crippen LogP contribution in [-0.4, -0.2) is 22.3 Å². The highest BCUT2D eigenvalue weighted by molar-refractivity contribution is 6.20. The molecule has 0 fully saturated rings. The van der Waals surface area contributed by atoms with Gasteiger partial charge < -0.3 is 15.0 Å². The zero-order valence-corrected chi connectivity index (χ0v) is 11.0. The van der Waals surface area contributed by atoms with Crippen LogP contribution in [0.5, 0.6) is 0 Å². The first-order chi connectivity index (χ1) is 8.99. The van der Waals surface area contributed by atoms with Gasteiger partial charge in [-0.25, -0.2) is 14.2 Å². The number of carbonyl (C=O) groups is 1. The average Bonchev–Trinajstić information content (AvgIpc) is 2.67. The molecule has 0 aliphatic rings. The maximum absolute atomic E-state index is 13.3. The van der Waals surface area contributed by atoms with Gasteiger partial charge in [0.05, 0.1) is 23.0 Å². The van der Waals surface area contributed by atoms with E-state index in [9.17, 15) is 9.18 Å². The number of carbonyl (C=O) groups excluding carboxylic acids is 1. The van der Waals surface area contributed by atoms with E-state index in [1.54, 1.807) is 17.6 Å². The Kier molecular flexibility index (Phi) is 3.90. The summed E-state index contributed by atoms with van der Waals surface area (Å²) in [6.45, 7) is 2.16. The molecular formula is C12H13ClFN3O2. The molecule has 1 heterocycles. The average molecular weight is 286 g/mol. The minimum atomic E-state index is -0.851. The van der Waals surface area contributed by atoms with E-state index in [0.717, 1.165) is 0 Å². The second kappa shape index (κ2) is 5.44. The van der Waals surface area contributed by atoms with E-state index in [4.69, 9.17) is 17.3 Å². The molecule has 7 heteroatoms. The number of rotatable bonds is 4. The summed E-state index contributed by atoms with van der Waals surface area (Å²) in [4.78, 5) is 14.9. The molecule has 0 saturated heterocycles. The largest absolute Gasteiger partial charge is 0.448 e. The molecule has 0 saturated carbocycles. The van der Waals surface area contributed by atoms with Crippen molar-refractivity contribution in [3.8, 4) is 0 Å². The van der Waals surface area contributed by atoms with E-state index in [1.807, 2.05) is 0 Å². The van der Waals surface area contributed by atoms with Gasteiger partial charge in [0, 0.05) is 0 Å². The number of hydrogen-bond donors (Lipinski definition) is 1. The summed E-state index contributed by atoms with van der Waals surface area (Å²) in [6.07, 6.45) is -0.851. The molecule has 1 aromatic heterocycles. The summed E-state index contributed by atoms with van der Waals surface area (Å²) in [5, 5.41) is -0.343. The standard InChI is InChI=1S/C12H13ClFN3O2/c1-7(13)11-16-9-3-2-8(14)6-10(9)17(11)4-5-19-12(15)18/h2-3,6-7H,4-5H2,1H3,(H2,15,18). The molecule has 2 rings (SSSR count). The topological polar surface area (TPSA) is 70.1 Å². The van der Waals surface area contributed by atoms with Gasteiger partial charge in [-0.1, -0.05) is 0 Å². The van der Waals surface area contributed by atoms with Crippen molar-refractivity contribution in [1.29, 1.82) is 0 Å². The first kappa shape index (κ1) is 13.6. The molecule has 0 aliphatic carbocycles. The van der Waals surface area contributed by atoms with Gasteiger partial charge in [0.2, 0.25) is 0 Å². The van der Waals surface area contributed by atoms with E-state index < -0.39 is 6.09 Å². The van der Waals surface area contributed by atoms with Gasteiger partial charge in [-0.2, -0.15) is 0 Å². The van der Waals surface area contributed by atoms with Crippen molar-refractivity contribution in [2.24, 2.45) is 5.73 Å². The Morgan fingerprint density at radius 3 is 3.00 bits per heavy atom. The molecule has 102 valence electrons. The van der Waals surface area contributed by atoms with E-state index in [2.05, 4.69) is 9.72 Å². The Hall–Kier alpha value is -1.82. The van der Waals surface area contributed by atoms with Crippen molar-refractivity contribution >= 4 is 28.7 Å². The zero-order chi connectivity index (χ0) is 14.0. The molecule has 0 radical (unpaired) electrons. The molecule has 0 aliphatic heterocycles. The van der Waals surface area contributed by atoms with Gasteiger partial charge in [-0.05, 0) is 25.1 Å². The van der Waals surface area contributed by atoms with Crippen LogP contribution in [0, 0.1) is 5.82 Å². The van der Waals surface area contributed by atoms with Crippen molar-refractivity contribution in [1.82, 2.24) is 9.55 Å². The number of nitrogens with two attached hydrogens (primary N) is 1. The van der Waals surface area contributed by atoms with Crippen molar-refractivity contribution in [2.45, 2.75) is 18.8 Å². The van der Waals surface area contributed by atoms with Crippen LogP contribution in [0.1, 0.15) is 18.1 Å². The highest BCUT2D eigenvalue weighted by Crippen LogP contribution is 2.25. The highest BCUT2D eigenvalue weighted by Gasteiger charge is 2.15. The lowest BCUT2D eigenvalue weighted by atomic mass is 10.3. The Morgan fingerprint density at radius 1 is 1.63 bits per heavy atom. The Morgan fingerprint density at radius 2 is 2.37 bits per heavy atom. The number of imidazole rings is 1. The smallest absolute Gasteiger partial charge is 0.404 e. The van der Waals surface area contributed by atoms with Crippen molar-refractivity contribution in [2.75, 3.05) is 6.61 Å². The van der Waals surface area contributed by atoms with Crippen LogP contribution in [-0.2, 0) is 11.3 Å². The number of benzene rings is 1.